The van der Waals surface area contributed by atoms with E-state index in [-0.39, 0.29) is 0 Å². The smallest absolute Gasteiger partial charge is 0.0963 e. The molecule has 0 radical (unpaired) electrons. The molecule has 0 aliphatic rings. The maximum Gasteiger partial charge on any atom is 0.0963 e. The van der Waals surface area contributed by atoms with Crippen molar-refractivity contribution in [3.8, 4) is 5.69 Å². The summed E-state index contributed by atoms with van der Waals surface area (Å²) in [5.41, 5.74) is 4.59. The van der Waals surface area contributed by atoms with Crippen molar-refractivity contribution in [2.75, 3.05) is 0 Å². The van der Waals surface area contributed by atoms with Crippen LogP contribution in [0, 0.1) is 0 Å². The van der Waals surface area contributed by atoms with E-state index in [0.717, 1.165) is 11.0 Å². The molecule has 2 nitrogen and oxygen atoms in total. The van der Waals surface area contributed by atoms with Gasteiger partial charge in [0.05, 0.1) is 16.6 Å². The lowest BCUT2D eigenvalue weighted by atomic mass is 10.0. The molecule has 0 atom stereocenters. The molecule has 3 heterocycles. The molecule has 34 heavy (non-hydrogen) atoms. The minimum Gasteiger partial charge on any atom is -0.307 e. The predicted molar refractivity (Wildman–Crippen MR) is 146 cm³/mol. The first-order valence-corrected chi connectivity index (χ1v) is 12.3. The molecule has 5 aromatic carbocycles. The Kier molecular flexibility index (Phi) is 3.57. The van der Waals surface area contributed by atoms with Crippen LogP contribution in [0.5, 0.6) is 0 Å². The van der Waals surface area contributed by atoms with Crippen LogP contribution < -0.4 is 0 Å². The Morgan fingerprint density at radius 3 is 2.29 bits per heavy atom. The Morgan fingerprint density at radius 2 is 1.38 bits per heavy atom. The highest BCUT2D eigenvalue weighted by molar-refractivity contribution is 7.26. The number of benzene rings is 5. The number of nitrogens with zero attached hydrogens (tertiary/aromatic N) is 2. The van der Waals surface area contributed by atoms with Crippen molar-refractivity contribution in [3.05, 3.63) is 109 Å². The minimum atomic E-state index is 1.05. The Hall–Kier alpha value is -4.21. The summed E-state index contributed by atoms with van der Waals surface area (Å²) in [5, 5.41) is 8.87. The molecular weight excluding hydrogens is 432 g/mol. The first kappa shape index (κ1) is 18.2. The second-order valence-electron chi connectivity index (χ2n) is 8.87. The van der Waals surface area contributed by atoms with E-state index >= 15 is 0 Å². The molecule has 0 bridgehead atoms. The molecule has 0 saturated heterocycles. The number of pyridine rings is 1. The molecule has 0 aliphatic heterocycles. The summed E-state index contributed by atoms with van der Waals surface area (Å²) >= 11 is 1.86. The van der Waals surface area contributed by atoms with Crippen LogP contribution in [0.1, 0.15) is 0 Å². The van der Waals surface area contributed by atoms with Crippen molar-refractivity contribution >= 4 is 75.0 Å². The quantitative estimate of drug-likeness (QED) is 0.228. The van der Waals surface area contributed by atoms with Crippen LogP contribution >= 0.6 is 11.3 Å². The van der Waals surface area contributed by atoms with Gasteiger partial charge in [-0.1, -0.05) is 48.5 Å². The van der Waals surface area contributed by atoms with Crippen molar-refractivity contribution in [2.45, 2.75) is 0 Å². The van der Waals surface area contributed by atoms with E-state index in [9.17, 15) is 0 Å². The Labute approximate surface area is 199 Å². The second kappa shape index (κ2) is 6.66. The number of thiophene rings is 1. The SMILES string of the molecule is c1ccc2cc3cc(-n4c5cccnc5c5ccc6sc7ccccc7c6c54)ccc3cc2c1. The van der Waals surface area contributed by atoms with Gasteiger partial charge in [-0.2, -0.15) is 0 Å². The molecule has 3 heteroatoms. The summed E-state index contributed by atoms with van der Waals surface area (Å²) < 4.78 is 5.04. The zero-order chi connectivity index (χ0) is 22.2. The fourth-order valence-corrected chi connectivity index (χ4v) is 6.57. The molecule has 0 N–H and O–H groups in total. The van der Waals surface area contributed by atoms with E-state index in [1.54, 1.807) is 0 Å². The molecule has 0 saturated carbocycles. The summed E-state index contributed by atoms with van der Waals surface area (Å²) in [7, 11) is 0. The van der Waals surface area contributed by atoms with Crippen LogP contribution in [0.25, 0.3) is 69.3 Å². The fourth-order valence-electron chi connectivity index (χ4n) is 5.46. The summed E-state index contributed by atoms with van der Waals surface area (Å²) in [4.78, 5) is 4.81. The van der Waals surface area contributed by atoms with Gasteiger partial charge in [0.2, 0.25) is 0 Å². The van der Waals surface area contributed by atoms with E-state index in [1.807, 2.05) is 23.6 Å². The van der Waals surface area contributed by atoms with Gasteiger partial charge < -0.3 is 4.57 Å². The topological polar surface area (TPSA) is 17.8 Å². The average Bonchev–Trinajstić information content (AvgIpc) is 3.43. The van der Waals surface area contributed by atoms with Crippen LogP contribution in [0.2, 0.25) is 0 Å². The van der Waals surface area contributed by atoms with E-state index < -0.39 is 0 Å². The van der Waals surface area contributed by atoms with Gasteiger partial charge in [0.15, 0.2) is 0 Å². The van der Waals surface area contributed by atoms with Gasteiger partial charge in [0.25, 0.3) is 0 Å². The zero-order valence-corrected chi connectivity index (χ0v) is 19.0. The number of hydrogen-bond acceptors (Lipinski definition) is 2. The summed E-state index contributed by atoms with van der Waals surface area (Å²) in [6, 6.07) is 37.4. The minimum absolute atomic E-state index is 1.05. The third-order valence-corrected chi connectivity index (χ3v) is 8.10. The number of fused-ring (bicyclic) bond motifs is 9. The largest absolute Gasteiger partial charge is 0.307 e. The fraction of sp³-hybridized carbons (Fsp3) is 0. The predicted octanol–water partition coefficient (Wildman–Crippen LogP) is 8.85. The molecule has 0 fully saturated rings. The Balaban J connectivity index is 1.55. The van der Waals surface area contributed by atoms with Gasteiger partial charge in [-0.05, 0) is 76.1 Å². The molecule has 8 aromatic rings. The van der Waals surface area contributed by atoms with Crippen LogP contribution in [0.3, 0.4) is 0 Å². The van der Waals surface area contributed by atoms with Gasteiger partial charge in [-0.25, -0.2) is 0 Å². The first-order chi connectivity index (χ1) is 16.8. The van der Waals surface area contributed by atoms with Crippen molar-refractivity contribution in [1.82, 2.24) is 9.55 Å². The Bertz CT molecular complexity index is 2080. The van der Waals surface area contributed by atoms with Gasteiger partial charge in [-0.3, -0.25) is 4.98 Å². The highest BCUT2D eigenvalue weighted by atomic mass is 32.1. The Morgan fingerprint density at radius 1 is 0.588 bits per heavy atom. The van der Waals surface area contributed by atoms with Crippen LogP contribution in [0.4, 0.5) is 0 Å². The standard InChI is InChI=1S/C31H18N2S/c1-2-7-20-17-22-18-23(12-11-21(22)16-19(20)6-1)33-26-9-5-15-32-30(26)25-13-14-28-29(31(25)33)24-8-3-4-10-27(24)34-28/h1-18H. The molecule has 3 aromatic heterocycles. The molecule has 0 aliphatic carbocycles. The van der Waals surface area contributed by atoms with Crippen molar-refractivity contribution in [1.29, 1.82) is 0 Å². The molecule has 158 valence electrons. The van der Waals surface area contributed by atoms with E-state index in [2.05, 4.69) is 102 Å². The molecule has 0 spiro atoms. The number of aromatic nitrogens is 2. The van der Waals surface area contributed by atoms with Crippen molar-refractivity contribution in [2.24, 2.45) is 0 Å². The summed E-state index contributed by atoms with van der Waals surface area (Å²) in [6.07, 6.45) is 1.90. The lowest BCUT2D eigenvalue weighted by Gasteiger charge is -2.11. The van der Waals surface area contributed by atoms with Crippen molar-refractivity contribution in [3.63, 3.8) is 0 Å². The highest BCUT2D eigenvalue weighted by Gasteiger charge is 2.18. The van der Waals surface area contributed by atoms with E-state index in [1.165, 1.54) is 58.3 Å². The monoisotopic (exact) mass is 450 g/mol. The summed E-state index contributed by atoms with van der Waals surface area (Å²) in [6.45, 7) is 0. The van der Waals surface area contributed by atoms with E-state index in [0.29, 0.717) is 0 Å². The maximum atomic E-state index is 4.81. The van der Waals surface area contributed by atoms with Crippen molar-refractivity contribution < 1.29 is 0 Å². The third kappa shape index (κ3) is 2.42. The highest BCUT2D eigenvalue weighted by Crippen LogP contribution is 2.42. The molecular formula is C31H18N2S. The average molecular weight is 451 g/mol. The van der Waals surface area contributed by atoms with Gasteiger partial charge in [0, 0.05) is 37.4 Å². The van der Waals surface area contributed by atoms with Crippen LogP contribution in [-0.2, 0) is 0 Å². The number of hydrogen-bond donors (Lipinski definition) is 0. The third-order valence-electron chi connectivity index (χ3n) is 6.97. The van der Waals surface area contributed by atoms with Crippen LogP contribution in [0.15, 0.2) is 109 Å². The lowest BCUT2D eigenvalue weighted by molar-refractivity contribution is 1.19. The van der Waals surface area contributed by atoms with Crippen LogP contribution in [-0.4, -0.2) is 9.55 Å². The zero-order valence-electron chi connectivity index (χ0n) is 18.2. The van der Waals surface area contributed by atoms with E-state index in [4.69, 9.17) is 4.98 Å². The second-order valence-corrected chi connectivity index (χ2v) is 9.95. The molecule has 0 unspecified atom stereocenters. The normalized spacial score (nSPS) is 12.1. The maximum absolute atomic E-state index is 4.81. The summed E-state index contributed by atoms with van der Waals surface area (Å²) in [5.74, 6) is 0. The van der Waals surface area contributed by atoms with Gasteiger partial charge >= 0.3 is 0 Å². The number of rotatable bonds is 1. The molecule has 8 rings (SSSR count). The first-order valence-electron chi connectivity index (χ1n) is 11.5. The lowest BCUT2D eigenvalue weighted by Crippen LogP contribution is -1.94. The van der Waals surface area contributed by atoms with Gasteiger partial charge in [0.1, 0.15) is 0 Å². The molecule has 0 amide bonds. The van der Waals surface area contributed by atoms with Gasteiger partial charge in [-0.15, -0.1) is 11.3 Å².